The first-order valence-electron chi connectivity index (χ1n) is 6.61. The Morgan fingerprint density at radius 1 is 1.39 bits per heavy atom. The molecule has 1 aromatic rings. The number of nitrogens with two attached hydrogens (primary N) is 1. The molecule has 0 heterocycles. The predicted octanol–water partition coefficient (Wildman–Crippen LogP) is 2.01. The second-order valence-corrected chi connectivity index (χ2v) is 4.69. The predicted molar refractivity (Wildman–Crippen MR) is 74.9 cm³/mol. The van der Waals surface area contributed by atoms with Crippen LogP contribution in [0, 0.1) is 0 Å². The molecule has 1 fully saturated rings. The van der Waals surface area contributed by atoms with Crippen molar-refractivity contribution in [3.05, 3.63) is 23.8 Å². The van der Waals surface area contributed by atoms with E-state index in [2.05, 4.69) is 24.1 Å². The second-order valence-electron chi connectivity index (χ2n) is 4.69. The lowest BCUT2D eigenvalue weighted by molar-refractivity contribution is 0.0952. The standard InChI is InChI=1S/C14H21N3O/c1-3-17(4-2)11-7-8-13(15)12(9-11)14(18)16-10-5-6-10/h7-10H,3-6,15H2,1-2H3,(H,16,18). The van der Waals surface area contributed by atoms with Crippen molar-refractivity contribution in [3.8, 4) is 0 Å². The van der Waals surface area contributed by atoms with E-state index in [1.807, 2.05) is 18.2 Å². The molecule has 4 heteroatoms. The van der Waals surface area contributed by atoms with E-state index in [-0.39, 0.29) is 5.91 Å². The van der Waals surface area contributed by atoms with Gasteiger partial charge in [-0.15, -0.1) is 0 Å². The number of hydrogen-bond acceptors (Lipinski definition) is 3. The minimum absolute atomic E-state index is 0.0518. The smallest absolute Gasteiger partial charge is 0.253 e. The molecule has 1 saturated carbocycles. The molecule has 1 aliphatic carbocycles. The number of amides is 1. The molecule has 98 valence electrons. The molecule has 4 nitrogen and oxygen atoms in total. The van der Waals surface area contributed by atoms with Gasteiger partial charge in [0.15, 0.2) is 0 Å². The summed E-state index contributed by atoms with van der Waals surface area (Å²) in [5, 5.41) is 2.98. The highest BCUT2D eigenvalue weighted by atomic mass is 16.1. The highest BCUT2D eigenvalue weighted by Crippen LogP contribution is 2.24. The summed E-state index contributed by atoms with van der Waals surface area (Å²) in [7, 11) is 0. The fourth-order valence-electron chi connectivity index (χ4n) is 2.02. The van der Waals surface area contributed by atoms with Crippen LogP contribution >= 0.6 is 0 Å². The zero-order valence-electron chi connectivity index (χ0n) is 11.1. The summed E-state index contributed by atoms with van der Waals surface area (Å²) in [4.78, 5) is 14.3. The van der Waals surface area contributed by atoms with Gasteiger partial charge in [-0.3, -0.25) is 4.79 Å². The highest BCUT2D eigenvalue weighted by Gasteiger charge is 2.24. The number of benzene rings is 1. The van der Waals surface area contributed by atoms with Gasteiger partial charge < -0.3 is 16.0 Å². The van der Waals surface area contributed by atoms with Gasteiger partial charge in [0.2, 0.25) is 0 Å². The van der Waals surface area contributed by atoms with E-state index >= 15 is 0 Å². The fraction of sp³-hybridized carbons (Fsp3) is 0.500. The first-order valence-corrected chi connectivity index (χ1v) is 6.61. The lowest BCUT2D eigenvalue weighted by Crippen LogP contribution is -2.27. The molecule has 0 aliphatic heterocycles. The van der Waals surface area contributed by atoms with Gasteiger partial charge in [0.05, 0.1) is 5.56 Å². The number of rotatable bonds is 5. The Balaban J connectivity index is 2.22. The van der Waals surface area contributed by atoms with Crippen LogP contribution in [0.15, 0.2) is 18.2 Å². The van der Waals surface area contributed by atoms with E-state index in [0.717, 1.165) is 31.6 Å². The molecule has 2 rings (SSSR count). The zero-order chi connectivity index (χ0) is 13.1. The third-order valence-corrected chi connectivity index (χ3v) is 3.32. The molecular weight excluding hydrogens is 226 g/mol. The maximum atomic E-state index is 12.1. The summed E-state index contributed by atoms with van der Waals surface area (Å²) in [5.41, 5.74) is 8.08. The molecule has 0 spiro atoms. The van der Waals surface area contributed by atoms with Crippen LogP contribution in [0.3, 0.4) is 0 Å². The third kappa shape index (κ3) is 2.75. The van der Waals surface area contributed by atoms with Gasteiger partial charge in [-0.05, 0) is 44.9 Å². The normalized spacial score (nSPS) is 14.3. The summed E-state index contributed by atoms with van der Waals surface area (Å²) in [6.45, 7) is 6.04. The van der Waals surface area contributed by atoms with Crippen molar-refractivity contribution in [2.75, 3.05) is 23.7 Å². The van der Waals surface area contributed by atoms with Gasteiger partial charge in [-0.2, -0.15) is 0 Å². The number of nitrogen functional groups attached to an aromatic ring is 1. The van der Waals surface area contributed by atoms with E-state index in [0.29, 0.717) is 17.3 Å². The van der Waals surface area contributed by atoms with Gasteiger partial charge in [-0.25, -0.2) is 0 Å². The van der Waals surface area contributed by atoms with Crippen molar-refractivity contribution in [2.24, 2.45) is 0 Å². The van der Waals surface area contributed by atoms with Crippen LogP contribution in [-0.4, -0.2) is 25.0 Å². The van der Waals surface area contributed by atoms with Crippen LogP contribution in [0.4, 0.5) is 11.4 Å². The van der Waals surface area contributed by atoms with Crippen LogP contribution in [0.5, 0.6) is 0 Å². The van der Waals surface area contributed by atoms with Crippen molar-refractivity contribution >= 4 is 17.3 Å². The topological polar surface area (TPSA) is 58.4 Å². The molecule has 3 N–H and O–H groups in total. The fourth-order valence-corrected chi connectivity index (χ4v) is 2.02. The minimum atomic E-state index is -0.0518. The summed E-state index contributed by atoms with van der Waals surface area (Å²) < 4.78 is 0. The van der Waals surface area contributed by atoms with Crippen molar-refractivity contribution < 1.29 is 4.79 Å². The minimum Gasteiger partial charge on any atom is -0.398 e. The van der Waals surface area contributed by atoms with Crippen LogP contribution in [-0.2, 0) is 0 Å². The van der Waals surface area contributed by atoms with Crippen molar-refractivity contribution in [1.29, 1.82) is 0 Å². The SMILES string of the molecule is CCN(CC)c1ccc(N)c(C(=O)NC2CC2)c1. The molecular formula is C14H21N3O. The Labute approximate surface area is 108 Å². The summed E-state index contributed by atoms with van der Waals surface area (Å²) in [5.74, 6) is -0.0518. The summed E-state index contributed by atoms with van der Waals surface area (Å²) >= 11 is 0. The van der Waals surface area contributed by atoms with Crippen molar-refractivity contribution in [1.82, 2.24) is 5.32 Å². The number of carbonyl (C=O) groups is 1. The average molecular weight is 247 g/mol. The summed E-state index contributed by atoms with van der Waals surface area (Å²) in [6, 6.07) is 6.03. The lowest BCUT2D eigenvalue weighted by atomic mass is 10.1. The number of nitrogens with one attached hydrogen (secondary N) is 1. The molecule has 0 radical (unpaired) electrons. The zero-order valence-corrected chi connectivity index (χ0v) is 11.1. The first-order chi connectivity index (χ1) is 8.65. The average Bonchev–Trinajstić information content (AvgIpc) is 3.16. The van der Waals surface area contributed by atoms with Crippen molar-refractivity contribution in [2.45, 2.75) is 32.7 Å². The van der Waals surface area contributed by atoms with Gasteiger partial charge in [0, 0.05) is 30.5 Å². The monoisotopic (exact) mass is 247 g/mol. The van der Waals surface area contributed by atoms with Gasteiger partial charge in [0.1, 0.15) is 0 Å². The third-order valence-electron chi connectivity index (χ3n) is 3.32. The Morgan fingerprint density at radius 3 is 2.61 bits per heavy atom. The summed E-state index contributed by atoms with van der Waals surface area (Å²) in [6.07, 6.45) is 2.17. The Morgan fingerprint density at radius 2 is 2.06 bits per heavy atom. The molecule has 18 heavy (non-hydrogen) atoms. The molecule has 1 aromatic carbocycles. The maximum absolute atomic E-state index is 12.1. The molecule has 0 aromatic heterocycles. The molecule has 0 unspecified atom stereocenters. The number of anilines is 2. The molecule has 0 atom stereocenters. The van der Waals surface area contributed by atoms with Gasteiger partial charge in [0.25, 0.3) is 5.91 Å². The van der Waals surface area contributed by atoms with E-state index in [1.54, 1.807) is 0 Å². The van der Waals surface area contributed by atoms with Gasteiger partial charge >= 0.3 is 0 Å². The molecule has 0 saturated heterocycles. The maximum Gasteiger partial charge on any atom is 0.253 e. The molecule has 1 amide bonds. The van der Waals surface area contributed by atoms with E-state index in [4.69, 9.17) is 5.73 Å². The van der Waals surface area contributed by atoms with Crippen LogP contribution < -0.4 is 16.0 Å². The Hall–Kier alpha value is -1.71. The van der Waals surface area contributed by atoms with Crippen LogP contribution in [0.25, 0.3) is 0 Å². The second kappa shape index (κ2) is 5.29. The van der Waals surface area contributed by atoms with Crippen LogP contribution in [0.1, 0.15) is 37.0 Å². The van der Waals surface area contributed by atoms with Crippen molar-refractivity contribution in [3.63, 3.8) is 0 Å². The van der Waals surface area contributed by atoms with E-state index in [9.17, 15) is 4.79 Å². The molecule has 1 aliphatic rings. The Bertz CT molecular complexity index is 437. The largest absolute Gasteiger partial charge is 0.398 e. The van der Waals surface area contributed by atoms with Crippen LogP contribution in [0.2, 0.25) is 0 Å². The van der Waals surface area contributed by atoms with Gasteiger partial charge in [-0.1, -0.05) is 0 Å². The highest BCUT2D eigenvalue weighted by molar-refractivity contribution is 6.00. The van der Waals surface area contributed by atoms with E-state index < -0.39 is 0 Å². The lowest BCUT2D eigenvalue weighted by Gasteiger charge is -2.22. The first kappa shape index (κ1) is 12.7. The number of hydrogen-bond donors (Lipinski definition) is 2. The number of carbonyl (C=O) groups excluding carboxylic acids is 1. The quantitative estimate of drug-likeness (QED) is 0.782. The Kier molecular flexibility index (Phi) is 3.75. The number of nitrogens with zero attached hydrogens (tertiary/aromatic N) is 1. The molecule has 0 bridgehead atoms. The van der Waals surface area contributed by atoms with E-state index in [1.165, 1.54) is 0 Å².